The monoisotopic (exact) mass is 488 g/mol. The van der Waals surface area contributed by atoms with Crippen molar-refractivity contribution in [3.8, 4) is 11.5 Å². The van der Waals surface area contributed by atoms with Crippen LogP contribution in [0.15, 0.2) is 47.4 Å². The van der Waals surface area contributed by atoms with E-state index < -0.39 is 22.1 Å². The van der Waals surface area contributed by atoms with Gasteiger partial charge in [-0.05, 0) is 49.6 Å². The number of rotatable bonds is 5. The van der Waals surface area contributed by atoms with Crippen LogP contribution in [-0.4, -0.2) is 64.6 Å². The van der Waals surface area contributed by atoms with Crippen LogP contribution in [-0.2, 0) is 24.3 Å². The maximum atomic E-state index is 13.5. The van der Waals surface area contributed by atoms with E-state index >= 15 is 0 Å². The first kappa shape index (κ1) is 24.0. The predicted octanol–water partition coefficient (Wildman–Crippen LogP) is 2.37. The number of nitrogens with zero attached hydrogens (tertiary/aromatic N) is 2. The van der Waals surface area contributed by atoms with E-state index in [9.17, 15) is 18.0 Å². The molecule has 0 spiro atoms. The third kappa shape index (κ3) is 4.47. The minimum Gasteiger partial charge on any atom is -0.495 e. The van der Waals surface area contributed by atoms with E-state index in [0.717, 1.165) is 5.56 Å². The molecule has 2 aliphatic heterocycles. The number of benzene rings is 2. The van der Waals surface area contributed by atoms with Gasteiger partial charge in [-0.1, -0.05) is 18.2 Å². The summed E-state index contributed by atoms with van der Waals surface area (Å²) in [4.78, 5) is 27.3. The minimum absolute atomic E-state index is 0.0432. The maximum absolute atomic E-state index is 13.5. The number of aryl methyl sites for hydroxylation is 1. The van der Waals surface area contributed by atoms with Crippen molar-refractivity contribution >= 4 is 27.6 Å². The molecule has 2 aromatic carbocycles. The van der Waals surface area contributed by atoms with Gasteiger partial charge < -0.3 is 19.1 Å². The zero-order valence-corrected chi connectivity index (χ0v) is 20.2. The summed E-state index contributed by atoms with van der Waals surface area (Å²) in [5.41, 5.74) is 1.41. The van der Waals surface area contributed by atoms with Crippen LogP contribution >= 0.6 is 0 Å². The quantitative estimate of drug-likeness (QED) is 0.596. The Labute approximate surface area is 199 Å². The van der Waals surface area contributed by atoms with Crippen molar-refractivity contribution in [1.29, 1.82) is 0 Å². The number of anilines is 1. The second-order valence-corrected chi connectivity index (χ2v) is 10.3. The molecule has 0 N–H and O–H groups in total. The first-order chi connectivity index (χ1) is 16.3. The maximum Gasteiger partial charge on any atom is 0.348 e. The summed E-state index contributed by atoms with van der Waals surface area (Å²) in [5, 5.41) is 0. The second kappa shape index (κ2) is 9.63. The number of ether oxygens (including phenoxy) is 3. The van der Waals surface area contributed by atoms with Crippen LogP contribution < -0.4 is 14.4 Å². The molecule has 0 aliphatic carbocycles. The first-order valence-corrected chi connectivity index (χ1v) is 12.5. The van der Waals surface area contributed by atoms with Crippen LogP contribution in [0.2, 0.25) is 0 Å². The number of hydrogen-bond donors (Lipinski definition) is 0. The highest BCUT2D eigenvalue weighted by atomic mass is 32.2. The fourth-order valence-corrected chi connectivity index (χ4v) is 6.10. The fraction of sp³-hybridized carbons (Fsp3) is 0.417. The van der Waals surface area contributed by atoms with Crippen LogP contribution in [0, 0.1) is 12.8 Å². The number of esters is 1. The molecule has 0 saturated carbocycles. The largest absolute Gasteiger partial charge is 0.495 e. The van der Waals surface area contributed by atoms with E-state index in [-0.39, 0.29) is 36.4 Å². The van der Waals surface area contributed by atoms with Crippen LogP contribution in [0.5, 0.6) is 11.5 Å². The van der Waals surface area contributed by atoms with Gasteiger partial charge in [0.1, 0.15) is 16.4 Å². The molecule has 9 nitrogen and oxygen atoms in total. The minimum atomic E-state index is -3.77. The van der Waals surface area contributed by atoms with Crippen molar-refractivity contribution in [3.05, 3.63) is 48.0 Å². The van der Waals surface area contributed by atoms with Crippen molar-refractivity contribution in [2.45, 2.75) is 30.8 Å². The summed E-state index contributed by atoms with van der Waals surface area (Å²) in [5.74, 6) is -0.364. The van der Waals surface area contributed by atoms with E-state index in [4.69, 9.17) is 14.2 Å². The third-order valence-corrected chi connectivity index (χ3v) is 8.16. The molecule has 1 fully saturated rings. The van der Waals surface area contributed by atoms with E-state index in [1.54, 1.807) is 47.4 Å². The average molecular weight is 489 g/mol. The Hall–Kier alpha value is -3.11. The fourth-order valence-electron chi connectivity index (χ4n) is 4.39. The molecule has 0 radical (unpaired) electrons. The molecule has 2 aromatic rings. The smallest absolute Gasteiger partial charge is 0.348 e. The summed E-state index contributed by atoms with van der Waals surface area (Å²) in [7, 11) is -1.05. The second-order valence-electron chi connectivity index (χ2n) is 8.38. The number of amides is 1. The Kier molecular flexibility index (Phi) is 6.81. The standard InChI is InChI=1S/C24H28N2O7S/c1-16-8-9-20(31-2)22(14-16)34(29,30)25-12-10-17(11-13-25)23(27)26-15-21(24(28)32-3)33-19-7-5-4-6-18(19)26/h4-9,14,17,21H,10-13,15H2,1-3H3/t21-/m0/s1. The molecule has 1 amide bonds. The van der Waals surface area contributed by atoms with Gasteiger partial charge in [-0.3, -0.25) is 4.79 Å². The Bertz CT molecular complexity index is 1190. The van der Waals surface area contributed by atoms with Gasteiger partial charge in [-0.2, -0.15) is 4.31 Å². The molecule has 2 heterocycles. The Morgan fingerprint density at radius 2 is 1.76 bits per heavy atom. The van der Waals surface area contributed by atoms with Crippen LogP contribution in [0.3, 0.4) is 0 Å². The predicted molar refractivity (Wildman–Crippen MR) is 124 cm³/mol. The van der Waals surface area contributed by atoms with E-state index in [1.807, 2.05) is 6.92 Å². The highest BCUT2D eigenvalue weighted by Gasteiger charge is 2.39. The molecule has 1 saturated heterocycles. The summed E-state index contributed by atoms with van der Waals surface area (Å²) >= 11 is 0. The van der Waals surface area contributed by atoms with Gasteiger partial charge in [-0.15, -0.1) is 0 Å². The van der Waals surface area contributed by atoms with Gasteiger partial charge in [0.2, 0.25) is 22.0 Å². The van der Waals surface area contributed by atoms with Crippen molar-refractivity contribution in [2.24, 2.45) is 5.92 Å². The number of piperidine rings is 1. The van der Waals surface area contributed by atoms with Gasteiger partial charge in [0, 0.05) is 19.0 Å². The lowest BCUT2D eigenvalue weighted by molar-refractivity contribution is -0.148. The third-order valence-electron chi connectivity index (χ3n) is 6.24. The van der Waals surface area contributed by atoms with Crippen molar-refractivity contribution in [3.63, 3.8) is 0 Å². The number of sulfonamides is 1. The Morgan fingerprint density at radius 1 is 1.06 bits per heavy atom. The van der Waals surface area contributed by atoms with Crippen molar-refractivity contribution < 1.29 is 32.2 Å². The van der Waals surface area contributed by atoms with E-state index in [1.165, 1.54) is 18.5 Å². The normalized spacial score (nSPS) is 19.1. The molecule has 0 aromatic heterocycles. The molecule has 0 unspecified atom stereocenters. The molecule has 4 rings (SSSR count). The number of fused-ring (bicyclic) bond motifs is 1. The van der Waals surface area contributed by atoms with Crippen LogP contribution in [0.4, 0.5) is 5.69 Å². The van der Waals surface area contributed by atoms with Crippen molar-refractivity contribution in [1.82, 2.24) is 4.31 Å². The number of methoxy groups -OCH3 is 2. The Morgan fingerprint density at radius 3 is 2.44 bits per heavy atom. The van der Waals surface area contributed by atoms with Gasteiger partial charge in [0.05, 0.1) is 26.5 Å². The molecular formula is C24H28N2O7S. The lowest BCUT2D eigenvalue weighted by Crippen LogP contribution is -2.51. The first-order valence-electron chi connectivity index (χ1n) is 11.1. The number of hydrogen-bond acceptors (Lipinski definition) is 7. The van der Waals surface area contributed by atoms with Gasteiger partial charge in [0.15, 0.2) is 0 Å². The van der Waals surface area contributed by atoms with E-state index in [0.29, 0.717) is 30.0 Å². The van der Waals surface area contributed by atoms with Gasteiger partial charge in [0.25, 0.3) is 0 Å². The Balaban J connectivity index is 1.51. The summed E-state index contributed by atoms with van der Waals surface area (Å²) in [6, 6.07) is 12.1. The lowest BCUT2D eigenvalue weighted by Gasteiger charge is -2.37. The molecule has 2 aliphatic rings. The molecule has 1 atom stereocenters. The van der Waals surface area contributed by atoms with Crippen molar-refractivity contribution in [2.75, 3.05) is 38.8 Å². The number of para-hydroxylation sites is 2. The average Bonchev–Trinajstić information content (AvgIpc) is 2.87. The van der Waals surface area contributed by atoms with E-state index in [2.05, 4.69) is 0 Å². The van der Waals surface area contributed by atoms with Gasteiger partial charge >= 0.3 is 5.97 Å². The lowest BCUT2D eigenvalue weighted by atomic mass is 9.95. The topological polar surface area (TPSA) is 102 Å². The zero-order chi connectivity index (χ0) is 24.5. The summed E-state index contributed by atoms with van der Waals surface area (Å²) in [6.07, 6.45) is -0.179. The molecule has 0 bridgehead atoms. The van der Waals surface area contributed by atoms with Crippen LogP contribution in [0.25, 0.3) is 0 Å². The highest BCUT2D eigenvalue weighted by Crippen LogP contribution is 2.36. The molecule has 34 heavy (non-hydrogen) atoms. The number of carbonyl (C=O) groups excluding carboxylic acids is 2. The number of carbonyl (C=O) groups is 2. The van der Waals surface area contributed by atoms with Gasteiger partial charge in [-0.25, -0.2) is 13.2 Å². The SMILES string of the molecule is COC(=O)[C@@H]1CN(C(=O)C2CCN(S(=O)(=O)c3cc(C)ccc3OC)CC2)c2ccccc2O1. The highest BCUT2D eigenvalue weighted by molar-refractivity contribution is 7.89. The molecular weight excluding hydrogens is 460 g/mol. The summed E-state index contributed by atoms with van der Waals surface area (Å²) < 4.78 is 43.8. The molecule has 182 valence electrons. The summed E-state index contributed by atoms with van der Waals surface area (Å²) in [6.45, 7) is 2.29. The molecule has 10 heteroatoms. The van der Waals surface area contributed by atoms with Crippen LogP contribution in [0.1, 0.15) is 18.4 Å². The zero-order valence-electron chi connectivity index (χ0n) is 19.4.